The van der Waals surface area contributed by atoms with E-state index < -0.39 is 0 Å². The summed E-state index contributed by atoms with van der Waals surface area (Å²) in [5.74, 6) is 0. The minimum Gasteiger partial charge on any atom is -0.329 e. The number of nitrogens with zero attached hydrogens (tertiary/aromatic N) is 1. The molecule has 1 saturated carbocycles. The van der Waals surface area contributed by atoms with E-state index in [1.54, 1.807) is 0 Å². The number of hydrogen-bond donors (Lipinski definition) is 1. The van der Waals surface area contributed by atoms with Crippen molar-refractivity contribution >= 4 is 11.3 Å². The molecule has 1 heterocycles. The molecule has 1 aromatic rings. The average molecular weight is 224 g/mol. The molecule has 3 heteroatoms. The molecular formula is C12H20N2S. The Balaban J connectivity index is 2.08. The number of rotatable bonds is 6. The molecule has 1 aliphatic carbocycles. The molecule has 15 heavy (non-hydrogen) atoms. The van der Waals surface area contributed by atoms with Crippen molar-refractivity contribution in [1.29, 1.82) is 0 Å². The zero-order chi connectivity index (χ0) is 10.7. The fraction of sp³-hybridized carbons (Fsp3) is 0.667. The highest BCUT2D eigenvalue weighted by molar-refractivity contribution is 7.10. The molecule has 1 unspecified atom stereocenters. The van der Waals surface area contributed by atoms with Crippen LogP contribution >= 0.6 is 11.3 Å². The molecule has 0 radical (unpaired) electrons. The lowest BCUT2D eigenvalue weighted by Crippen LogP contribution is -2.35. The van der Waals surface area contributed by atoms with Gasteiger partial charge in [0.05, 0.1) is 6.04 Å². The van der Waals surface area contributed by atoms with Gasteiger partial charge < -0.3 is 5.73 Å². The lowest BCUT2D eigenvalue weighted by atomic mass is 10.2. The van der Waals surface area contributed by atoms with Gasteiger partial charge in [-0.05, 0) is 37.3 Å². The third kappa shape index (κ3) is 2.60. The quantitative estimate of drug-likeness (QED) is 0.805. The van der Waals surface area contributed by atoms with Crippen molar-refractivity contribution in [2.45, 2.75) is 38.3 Å². The van der Waals surface area contributed by atoms with Crippen molar-refractivity contribution in [3.63, 3.8) is 0 Å². The van der Waals surface area contributed by atoms with Crippen LogP contribution in [0.1, 0.15) is 37.1 Å². The summed E-state index contributed by atoms with van der Waals surface area (Å²) in [6.07, 6.45) is 3.95. The van der Waals surface area contributed by atoms with Crippen LogP contribution < -0.4 is 5.73 Å². The first-order valence-corrected chi connectivity index (χ1v) is 6.74. The van der Waals surface area contributed by atoms with Gasteiger partial charge in [0.1, 0.15) is 0 Å². The second kappa shape index (κ2) is 5.10. The average Bonchev–Trinajstić information content (AvgIpc) is 2.96. The van der Waals surface area contributed by atoms with Crippen molar-refractivity contribution in [2.24, 2.45) is 5.73 Å². The van der Waals surface area contributed by atoms with E-state index in [9.17, 15) is 0 Å². The van der Waals surface area contributed by atoms with E-state index in [-0.39, 0.29) is 0 Å². The molecule has 2 nitrogen and oxygen atoms in total. The fourth-order valence-corrected chi connectivity index (χ4v) is 3.01. The second-order valence-electron chi connectivity index (χ2n) is 4.24. The largest absolute Gasteiger partial charge is 0.329 e. The van der Waals surface area contributed by atoms with Gasteiger partial charge in [0.2, 0.25) is 0 Å². The maximum absolute atomic E-state index is 5.93. The number of hydrogen-bond acceptors (Lipinski definition) is 3. The highest BCUT2D eigenvalue weighted by atomic mass is 32.1. The first-order chi connectivity index (χ1) is 7.36. The van der Waals surface area contributed by atoms with E-state index in [2.05, 4.69) is 29.3 Å². The Morgan fingerprint density at radius 3 is 2.87 bits per heavy atom. The van der Waals surface area contributed by atoms with Crippen molar-refractivity contribution in [1.82, 2.24) is 4.90 Å². The summed E-state index contributed by atoms with van der Waals surface area (Å²) in [6.45, 7) is 4.18. The topological polar surface area (TPSA) is 29.3 Å². The Morgan fingerprint density at radius 1 is 1.60 bits per heavy atom. The van der Waals surface area contributed by atoms with E-state index in [1.165, 1.54) is 30.7 Å². The minimum atomic E-state index is 0.456. The molecule has 2 N–H and O–H groups in total. The van der Waals surface area contributed by atoms with E-state index in [4.69, 9.17) is 5.73 Å². The molecule has 1 fully saturated rings. The van der Waals surface area contributed by atoms with Gasteiger partial charge >= 0.3 is 0 Å². The number of nitrogens with two attached hydrogens (primary N) is 1. The zero-order valence-electron chi connectivity index (χ0n) is 9.36. The molecule has 84 valence electrons. The Labute approximate surface area is 96.1 Å². The van der Waals surface area contributed by atoms with Crippen molar-refractivity contribution in [3.05, 3.63) is 22.4 Å². The van der Waals surface area contributed by atoms with Crippen LogP contribution in [0.15, 0.2) is 17.5 Å². The summed E-state index contributed by atoms with van der Waals surface area (Å²) < 4.78 is 0. The van der Waals surface area contributed by atoms with Crippen LogP contribution in [0.25, 0.3) is 0 Å². The Bertz CT molecular complexity index is 280. The molecule has 2 rings (SSSR count). The third-order valence-corrected chi connectivity index (χ3v) is 3.97. The lowest BCUT2D eigenvalue weighted by Gasteiger charge is -2.30. The Morgan fingerprint density at radius 2 is 2.40 bits per heavy atom. The van der Waals surface area contributed by atoms with Gasteiger partial charge in [-0.3, -0.25) is 4.90 Å². The molecule has 0 spiro atoms. The summed E-state index contributed by atoms with van der Waals surface area (Å²) in [6, 6.07) is 5.60. The Hall–Kier alpha value is -0.380. The van der Waals surface area contributed by atoms with Crippen molar-refractivity contribution in [2.75, 3.05) is 13.1 Å². The minimum absolute atomic E-state index is 0.456. The highest BCUT2D eigenvalue weighted by Gasteiger charge is 2.33. The molecule has 0 bridgehead atoms. The standard InChI is InChI=1S/C12H20N2S/c1-2-7-14(10-5-6-10)11(9-13)12-4-3-8-15-12/h3-4,8,10-11H,2,5-7,9,13H2,1H3. The molecule has 0 aliphatic heterocycles. The summed E-state index contributed by atoms with van der Waals surface area (Å²) in [7, 11) is 0. The molecule has 1 atom stereocenters. The van der Waals surface area contributed by atoms with Crippen molar-refractivity contribution < 1.29 is 0 Å². The maximum Gasteiger partial charge on any atom is 0.0566 e. The predicted octanol–water partition coefficient (Wildman–Crippen LogP) is 2.62. The van der Waals surface area contributed by atoms with Gasteiger partial charge in [0.15, 0.2) is 0 Å². The van der Waals surface area contributed by atoms with E-state index in [0.29, 0.717) is 6.04 Å². The lowest BCUT2D eigenvalue weighted by molar-refractivity contribution is 0.194. The van der Waals surface area contributed by atoms with Crippen LogP contribution in [0.4, 0.5) is 0 Å². The van der Waals surface area contributed by atoms with E-state index >= 15 is 0 Å². The van der Waals surface area contributed by atoms with Crippen molar-refractivity contribution in [3.8, 4) is 0 Å². The highest BCUT2D eigenvalue weighted by Crippen LogP contribution is 2.35. The van der Waals surface area contributed by atoms with Crippen LogP contribution in [-0.2, 0) is 0 Å². The first-order valence-electron chi connectivity index (χ1n) is 5.86. The van der Waals surface area contributed by atoms with Gasteiger partial charge in [-0.25, -0.2) is 0 Å². The van der Waals surface area contributed by atoms with Crippen LogP contribution in [-0.4, -0.2) is 24.0 Å². The smallest absolute Gasteiger partial charge is 0.0566 e. The van der Waals surface area contributed by atoms with E-state index in [0.717, 1.165) is 12.6 Å². The van der Waals surface area contributed by atoms with Gasteiger partial charge in [-0.1, -0.05) is 13.0 Å². The van der Waals surface area contributed by atoms with Gasteiger partial charge in [-0.15, -0.1) is 11.3 Å². The molecular weight excluding hydrogens is 204 g/mol. The molecule has 0 saturated heterocycles. The SMILES string of the molecule is CCCN(C1CC1)C(CN)c1cccs1. The normalized spacial score (nSPS) is 18.3. The predicted molar refractivity (Wildman–Crippen MR) is 66.1 cm³/mol. The summed E-state index contributed by atoms with van der Waals surface area (Å²) in [4.78, 5) is 4.03. The van der Waals surface area contributed by atoms with Gasteiger partial charge in [-0.2, -0.15) is 0 Å². The summed E-state index contributed by atoms with van der Waals surface area (Å²) in [5, 5.41) is 2.15. The Kier molecular flexibility index (Phi) is 3.78. The summed E-state index contributed by atoms with van der Waals surface area (Å²) in [5.41, 5.74) is 5.93. The van der Waals surface area contributed by atoms with Crippen LogP contribution in [0.3, 0.4) is 0 Å². The van der Waals surface area contributed by atoms with Gasteiger partial charge in [0, 0.05) is 17.5 Å². The zero-order valence-corrected chi connectivity index (χ0v) is 10.2. The maximum atomic E-state index is 5.93. The molecule has 0 aromatic carbocycles. The monoisotopic (exact) mass is 224 g/mol. The molecule has 1 aromatic heterocycles. The van der Waals surface area contributed by atoms with E-state index in [1.807, 2.05) is 11.3 Å². The molecule has 1 aliphatic rings. The van der Waals surface area contributed by atoms with Gasteiger partial charge in [0.25, 0.3) is 0 Å². The first kappa shape index (κ1) is 11.1. The van der Waals surface area contributed by atoms with Crippen LogP contribution in [0, 0.1) is 0 Å². The van der Waals surface area contributed by atoms with Crippen LogP contribution in [0.2, 0.25) is 0 Å². The fourth-order valence-electron chi connectivity index (χ4n) is 2.15. The van der Waals surface area contributed by atoms with Crippen LogP contribution in [0.5, 0.6) is 0 Å². The molecule has 0 amide bonds. The number of thiophene rings is 1. The summed E-state index contributed by atoms with van der Waals surface area (Å²) >= 11 is 1.83. The third-order valence-electron chi connectivity index (χ3n) is 2.99. The second-order valence-corrected chi connectivity index (χ2v) is 5.22.